The molecular weight excluding hydrogens is 240 g/mol. The van der Waals surface area contributed by atoms with Gasteiger partial charge in [0.15, 0.2) is 0 Å². The van der Waals surface area contributed by atoms with Crippen LogP contribution in [0.15, 0.2) is 18.2 Å². The molecule has 1 amide bonds. The van der Waals surface area contributed by atoms with E-state index >= 15 is 0 Å². The fourth-order valence-electron chi connectivity index (χ4n) is 1.79. The lowest BCUT2D eigenvalue weighted by atomic mass is 10.0. The van der Waals surface area contributed by atoms with Crippen LogP contribution in [0.2, 0.25) is 0 Å². The molecule has 0 saturated heterocycles. The highest BCUT2D eigenvalue weighted by Crippen LogP contribution is 2.23. The predicted octanol–water partition coefficient (Wildman–Crippen LogP) is 2.92. The van der Waals surface area contributed by atoms with E-state index in [2.05, 4.69) is 19.2 Å². The highest BCUT2D eigenvalue weighted by molar-refractivity contribution is 5.91. The van der Waals surface area contributed by atoms with Crippen molar-refractivity contribution in [3.63, 3.8) is 0 Å². The molecule has 106 valence electrons. The zero-order chi connectivity index (χ0) is 14.3. The van der Waals surface area contributed by atoms with E-state index in [1.807, 2.05) is 25.1 Å². The molecule has 0 aliphatic carbocycles. The summed E-state index contributed by atoms with van der Waals surface area (Å²) in [5, 5.41) is 2.90. The highest BCUT2D eigenvalue weighted by atomic mass is 16.5. The molecule has 1 atom stereocenters. The van der Waals surface area contributed by atoms with Gasteiger partial charge in [0.1, 0.15) is 5.75 Å². The van der Waals surface area contributed by atoms with Gasteiger partial charge in [-0.1, -0.05) is 20.3 Å². The SMILES string of the molecule is CCOc1ccc(NC(=O)CC(C)CC)cc1CN. The Morgan fingerprint density at radius 3 is 2.74 bits per heavy atom. The molecule has 0 spiro atoms. The van der Waals surface area contributed by atoms with Gasteiger partial charge in [-0.05, 0) is 31.0 Å². The van der Waals surface area contributed by atoms with Crippen molar-refractivity contribution >= 4 is 11.6 Å². The first-order valence-corrected chi connectivity index (χ1v) is 6.86. The van der Waals surface area contributed by atoms with Crippen LogP contribution in [0.5, 0.6) is 5.75 Å². The lowest BCUT2D eigenvalue weighted by Gasteiger charge is -2.13. The summed E-state index contributed by atoms with van der Waals surface area (Å²) in [6.45, 7) is 7.09. The van der Waals surface area contributed by atoms with Gasteiger partial charge in [-0.15, -0.1) is 0 Å². The maximum absolute atomic E-state index is 11.8. The van der Waals surface area contributed by atoms with Crippen molar-refractivity contribution in [2.75, 3.05) is 11.9 Å². The molecule has 0 aliphatic heterocycles. The standard InChI is InChI=1S/C15H24N2O2/c1-4-11(3)8-15(18)17-13-6-7-14(19-5-2)12(9-13)10-16/h6-7,9,11H,4-5,8,10,16H2,1-3H3,(H,17,18). The number of hydrogen-bond donors (Lipinski definition) is 2. The van der Waals surface area contributed by atoms with Crippen molar-refractivity contribution in [2.45, 2.75) is 40.2 Å². The molecule has 4 nitrogen and oxygen atoms in total. The van der Waals surface area contributed by atoms with Crippen LogP contribution in [0.3, 0.4) is 0 Å². The number of amides is 1. The second kappa shape index (κ2) is 7.79. The summed E-state index contributed by atoms with van der Waals surface area (Å²) in [6.07, 6.45) is 1.55. The first-order chi connectivity index (χ1) is 9.10. The largest absolute Gasteiger partial charge is 0.494 e. The molecule has 3 N–H and O–H groups in total. The second-order valence-corrected chi connectivity index (χ2v) is 4.73. The van der Waals surface area contributed by atoms with Gasteiger partial charge in [0.25, 0.3) is 0 Å². The van der Waals surface area contributed by atoms with Gasteiger partial charge >= 0.3 is 0 Å². The topological polar surface area (TPSA) is 64.3 Å². The van der Waals surface area contributed by atoms with Crippen molar-refractivity contribution in [1.82, 2.24) is 0 Å². The predicted molar refractivity (Wildman–Crippen MR) is 78.2 cm³/mol. The van der Waals surface area contributed by atoms with Gasteiger partial charge in [-0.2, -0.15) is 0 Å². The minimum atomic E-state index is 0.0430. The van der Waals surface area contributed by atoms with E-state index in [-0.39, 0.29) is 5.91 Å². The van der Waals surface area contributed by atoms with Gasteiger partial charge < -0.3 is 15.8 Å². The minimum absolute atomic E-state index is 0.0430. The van der Waals surface area contributed by atoms with E-state index in [1.54, 1.807) is 0 Å². The first-order valence-electron chi connectivity index (χ1n) is 6.86. The molecule has 0 heterocycles. The number of ether oxygens (including phenoxy) is 1. The molecule has 0 radical (unpaired) electrons. The first kappa shape index (κ1) is 15.5. The summed E-state index contributed by atoms with van der Waals surface area (Å²) < 4.78 is 5.48. The number of carbonyl (C=O) groups is 1. The Labute approximate surface area is 115 Å². The molecule has 0 fully saturated rings. The third kappa shape index (κ3) is 4.91. The maximum atomic E-state index is 11.8. The summed E-state index contributed by atoms with van der Waals surface area (Å²) >= 11 is 0. The van der Waals surface area contributed by atoms with Gasteiger partial charge in [0.05, 0.1) is 6.61 Å². The second-order valence-electron chi connectivity index (χ2n) is 4.73. The number of anilines is 1. The Hall–Kier alpha value is -1.55. The van der Waals surface area contributed by atoms with Crippen LogP contribution in [-0.4, -0.2) is 12.5 Å². The Morgan fingerprint density at radius 2 is 2.16 bits per heavy atom. The van der Waals surface area contributed by atoms with E-state index in [1.165, 1.54) is 0 Å². The molecule has 4 heteroatoms. The van der Waals surface area contributed by atoms with Gasteiger partial charge in [-0.25, -0.2) is 0 Å². The summed E-state index contributed by atoms with van der Waals surface area (Å²) in [5.41, 5.74) is 7.37. The minimum Gasteiger partial charge on any atom is -0.494 e. The lowest BCUT2D eigenvalue weighted by Crippen LogP contribution is -2.15. The molecule has 1 rings (SSSR count). The zero-order valence-corrected chi connectivity index (χ0v) is 12.0. The fraction of sp³-hybridized carbons (Fsp3) is 0.533. The van der Waals surface area contributed by atoms with Crippen molar-refractivity contribution < 1.29 is 9.53 Å². The van der Waals surface area contributed by atoms with Crippen LogP contribution in [0.4, 0.5) is 5.69 Å². The molecule has 0 saturated carbocycles. The van der Waals surface area contributed by atoms with Crippen LogP contribution in [-0.2, 0) is 11.3 Å². The van der Waals surface area contributed by atoms with Gasteiger partial charge in [0.2, 0.25) is 5.91 Å². The van der Waals surface area contributed by atoms with Crippen LogP contribution < -0.4 is 15.8 Å². The van der Waals surface area contributed by atoms with E-state index in [0.29, 0.717) is 25.5 Å². The Bertz CT molecular complexity index is 419. The van der Waals surface area contributed by atoms with Crippen molar-refractivity contribution in [2.24, 2.45) is 11.7 Å². The summed E-state index contributed by atoms with van der Waals surface area (Å²) in [4.78, 5) is 11.8. The smallest absolute Gasteiger partial charge is 0.224 e. The average molecular weight is 264 g/mol. The van der Waals surface area contributed by atoms with Crippen molar-refractivity contribution in [3.05, 3.63) is 23.8 Å². The van der Waals surface area contributed by atoms with Gasteiger partial charge in [-0.3, -0.25) is 4.79 Å². The van der Waals surface area contributed by atoms with Crippen LogP contribution in [0.1, 0.15) is 39.2 Å². The third-order valence-electron chi connectivity index (χ3n) is 3.09. The average Bonchev–Trinajstić information content (AvgIpc) is 2.40. The monoisotopic (exact) mass is 264 g/mol. The number of rotatable bonds is 7. The molecular formula is C15H24N2O2. The molecule has 1 unspecified atom stereocenters. The number of benzene rings is 1. The molecule has 0 bridgehead atoms. The molecule has 1 aromatic carbocycles. The Balaban J connectivity index is 2.71. The van der Waals surface area contributed by atoms with E-state index < -0.39 is 0 Å². The molecule has 1 aromatic rings. The van der Waals surface area contributed by atoms with E-state index in [4.69, 9.17) is 10.5 Å². The zero-order valence-electron chi connectivity index (χ0n) is 12.0. The molecule has 19 heavy (non-hydrogen) atoms. The quantitative estimate of drug-likeness (QED) is 0.796. The normalized spacial score (nSPS) is 12.0. The summed E-state index contributed by atoms with van der Waals surface area (Å²) in [5.74, 6) is 1.23. The van der Waals surface area contributed by atoms with Gasteiger partial charge in [0, 0.05) is 24.2 Å². The number of carbonyl (C=O) groups excluding carboxylic acids is 1. The summed E-state index contributed by atoms with van der Waals surface area (Å²) in [7, 11) is 0. The highest BCUT2D eigenvalue weighted by Gasteiger charge is 2.09. The lowest BCUT2D eigenvalue weighted by molar-refractivity contribution is -0.117. The van der Waals surface area contributed by atoms with E-state index in [0.717, 1.165) is 23.4 Å². The number of hydrogen-bond acceptors (Lipinski definition) is 3. The van der Waals surface area contributed by atoms with Crippen LogP contribution in [0.25, 0.3) is 0 Å². The molecule has 0 aliphatic rings. The van der Waals surface area contributed by atoms with E-state index in [9.17, 15) is 4.79 Å². The Kier molecular flexibility index (Phi) is 6.36. The van der Waals surface area contributed by atoms with Crippen LogP contribution in [0, 0.1) is 5.92 Å². The molecule has 0 aromatic heterocycles. The summed E-state index contributed by atoms with van der Waals surface area (Å²) in [6, 6.07) is 5.57. The Morgan fingerprint density at radius 1 is 1.42 bits per heavy atom. The maximum Gasteiger partial charge on any atom is 0.224 e. The van der Waals surface area contributed by atoms with Crippen LogP contribution >= 0.6 is 0 Å². The van der Waals surface area contributed by atoms with Crippen molar-refractivity contribution in [1.29, 1.82) is 0 Å². The third-order valence-corrected chi connectivity index (χ3v) is 3.09. The number of nitrogens with one attached hydrogen (secondary N) is 1. The fourth-order valence-corrected chi connectivity index (χ4v) is 1.79. The number of nitrogens with two attached hydrogens (primary N) is 1. The van der Waals surface area contributed by atoms with Crippen molar-refractivity contribution in [3.8, 4) is 5.75 Å².